The molecule has 14 heteroatoms. The van der Waals surface area contributed by atoms with E-state index in [4.69, 9.17) is 14.2 Å². The van der Waals surface area contributed by atoms with Crippen molar-refractivity contribution in [1.29, 1.82) is 0 Å². The molecule has 0 aliphatic carbocycles. The highest BCUT2D eigenvalue weighted by molar-refractivity contribution is 14.2. The number of hydrogen-bond donors (Lipinski definition) is 1. The predicted octanol–water partition coefficient (Wildman–Crippen LogP) is 8.08. The Bertz CT molecular complexity index is 2340. The summed E-state index contributed by atoms with van der Waals surface area (Å²) in [4.78, 5) is 36.4. The molecule has 8 rings (SSSR count). The summed E-state index contributed by atoms with van der Waals surface area (Å²) < 4.78 is 40.6. The molecular weight excluding hydrogens is 828 g/mol. The Balaban J connectivity index is 1.07. The van der Waals surface area contributed by atoms with Crippen LogP contribution in [0.25, 0.3) is 27.6 Å². The van der Waals surface area contributed by atoms with Gasteiger partial charge in [0, 0.05) is 62.2 Å². The van der Waals surface area contributed by atoms with Gasteiger partial charge in [-0.3, -0.25) is 9.59 Å². The molecule has 2 amide bonds. The molecule has 1 N–H and O–H groups in total. The number of nitrogens with zero attached hydrogens (tertiary/aromatic N) is 6. The van der Waals surface area contributed by atoms with Crippen molar-refractivity contribution < 1.29 is 28.2 Å². The van der Waals surface area contributed by atoms with E-state index in [1.54, 1.807) is 35.1 Å². The third kappa shape index (κ3) is 7.57. The van der Waals surface area contributed by atoms with Crippen molar-refractivity contribution in [3.8, 4) is 34.1 Å². The van der Waals surface area contributed by atoms with Crippen molar-refractivity contribution >= 4 is 59.1 Å². The summed E-state index contributed by atoms with van der Waals surface area (Å²) >= 11 is -0.420. The van der Waals surface area contributed by atoms with Gasteiger partial charge in [0.25, 0.3) is 5.91 Å². The Labute approximate surface area is 334 Å². The van der Waals surface area contributed by atoms with Gasteiger partial charge in [-0.25, -0.2) is 9.40 Å². The van der Waals surface area contributed by atoms with Crippen LogP contribution >= 0.6 is 21.0 Å². The largest absolute Gasteiger partial charge is 0.496 e. The standard InChI is InChI=1S/C42H41FIN7O5/c1-54-35-14-7-6-13-30(35)32-24-31(28-10-9-18-50(26-28)38(52)17-19-51-27-44-46-47-51)39(43)40-33(32)25-34(45-40)42(53)49-22-20-48(21-23-49)41-36(55-2)15-8-16-37(41)56-29-11-4-3-5-12-29/h3-8,10-16,24-25,27,45H,9,17-23,26H2,1-2H3. The number of anilines is 1. The van der Waals surface area contributed by atoms with Crippen LogP contribution < -0.4 is 19.1 Å². The predicted molar refractivity (Wildman–Crippen MR) is 223 cm³/mol. The second-order valence-electron chi connectivity index (χ2n) is 13.6. The quantitative estimate of drug-likeness (QED) is 0.134. The van der Waals surface area contributed by atoms with E-state index in [-0.39, 0.29) is 23.9 Å². The number of methoxy groups -OCH3 is 2. The SMILES string of the molecule is COc1ccccc1-c1cc(C2=CCCN(C(=O)CCN3C=IN=N3)C2)c(F)c2[nH]c(C(=O)N3CCN(c4c(OC)cccc4Oc4ccccc4)CC3)cc12. The van der Waals surface area contributed by atoms with Gasteiger partial charge in [0.2, 0.25) is 5.91 Å². The second kappa shape index (κ2) is 16.5. The maximum Gasteiger partial charge on any atom is 0.270 e. The number of halogens is 2. The zero-order valence-electron chi connectivity index (χ0n) is 31.1. The maximum atomic E-state index is 16.8. The Morgan fingerprint density at radius 3 is 2.34 bits per heavy atom. The van der Waals surface area contributed by atoms with Gasteiger partial charge < -0.3 is 33.9 Å². The molecule has 0 spiro atoms. The molecule has 0 unspecified atom stereocenters. The van der Waals surface area contributed by atoms with Crippen molar-refractivity contribution in [2.75, 3.05) is 64.9 Å². The number of nitrogens with one attached hydrogen (secondary N) is 1. The summed E-state index contributed by atoms with van der Waals surface area (Å²) in [7, 11) is 3.24. The van der Waals surface area contributed by atoms with Crippen molar-refractivity contribution in [2.24, 2.45) is 8.55 Å². The van der Waals surface area contributed by atoms with Crippen LogP contribution in [0.1, 0.15) is 28.9 Å². The topological polar surface area (TPSA) is 115 Å². The molecule has 0 saturated carbocycles. The molecular formula is C42H41FIN7O5. The molecule has 3 aliphatic rings. The molecule has 1 aromatic heterocycles. The number of piperazine rings is 1. The van der Waals surface area contributed by atoms with Crippen molar-refractivity contribution in [1.82, 2.24) is 19.8 Å². The Morgan fingerprint density at radius 2 is 1.57 bits per heavy atom. The zero-order chi connectivity index (χ0) is 38.6. The number of para-hydroxylation sites is 3. The highest BCUT2D eigenvalue weighted by atomic mass is 127. The molecule has 3 aliphatic heterocycles. The van der Waals surface area contributed by atoms with E-state index in [0.717, 1.165) is 16.8 Å². The van der Waals surface area contributed by atoms with Crippen LogP contribution in [-0.4, -0.2) is 95.8 Å². The second-order valence-corrected chi connectivity index (χ2v) is 15.1. The molecule has 1 saturated heterocycles. The first-order valence-electron chi connectivity index (χ1n) is 18.5. The molecule has 12 nitrogen and oxygen atoms in total. The van der Waals surface area contributed by atoms with Gasteiger partial charge in [-0.1, -0.05) is 53.8 Å². The molecule has 4 aromatic carbocycles. The van der Waals surface area contributed by atoms with Gasteiger partial charge in [0.15, 0.2) is 11.6 Å². The Morgan fingerprint density at radius 1 is 0.821 bits per heavy atom. The van der Waals surface area contributed by atoms with E-state index in [0.29, 0.717) is 97.3 Å². The van der Waals surface area contributed by atoms with Crippen LogP contribution in [-0.2, 0) is 4.79 Å². The molecule has 0 radical (unpaired) electrons. The number of fused-ring (bicyclic) bond motifs is 1. The monoisotopic (exact) mass is 869 g/mol. The molecule has 288 valence electrons. The van der Waals surface area contributed by atoms with E-state index >= 15 is 4.39 Å². The fraction of sp³-hybridized carbons (Fsp3) is 0.262. The number of rotatable bonds is 11. The van der Waals surface area contributed by atoms with Crippen molar-refractivity contribution in [3.63, 3.8) is 0 Å². The lowest BCUT2D eigenvalue weighted by molar-refractivity contribution is -0.130. The summed E-state index contributed by atoms with van der Waals surface area (Å²) in [6.45, 7) is 3.22. The first-order chi connectivity index (χ1) is 27.4. The fourth-order valence-electron chi connectivity index (χ4n) is 7.45. The number of hydrogen-bond acceptors (Lipinski definition) is 9. The third-order valence-corrected chi connectivity index (χ3v) is 11.6. The number of ether oxygens (including phenoxy) is 3. The van der Waals surface area contributed by atoms with E-state index < -0.39 is 26.8 Å². The summed E-state index contributed by atoms with van der Waals surface area (Å²) in [5.74, 6) is 1.96. The van der Waals surface area contributed by atoms with Gasteiger partial charge in [0.05, 0.1) is 51.4 Å². The zero-order valence-corrected chi connectivity index (χ0v) is 33.2. The van der Waals surface area contributed by atoms with Crippen LogP contribution in [0.15, 0.2) is 99.6 Å². The minimum Gasteiger partial charge on any atom is -0.496 e. The summed E-state index contributed by atoms with van der Waals surface area (Å²) in [5, 5.41) is 6.35. The first kappa shape index (κ1) is 37.2. The van der Waals surface area contributed by atoms with Crippen LogP contribution in [0.5, 0.6) is 23.0 Å². The molecule has 0 bridgehead atoms. The van der Waals surface area contributed by atoms with Crippen LogP contribution in [0.2, 0.25) is 0 Å². The molecule has 1 fully saturated rings. The normalized spacial score (nSPS) is 15.5. The first-order valence-corrected chi connectivity index (χ1v) is 20.7. The lowest BCUT2D eigenvalue weighted by Crippen LogP contribution is -2.49. The molecule has 5 aromatic rings. The van der Waals surface area contributed by atoms with Gasteiger partial charge in [-0.15, -0.1) is 3.33 Å². The molecule has 4 heterocycles. The summed E-state index contributed by atoms with van der Waals surface area (Å²) in [6.07, 6.45) is 2.89. The number of benzene rings is 4. The van der Waals surface area contributed by atoms with Gasteiger partial charge in [0.1, 0.15) is 28.6 Å². The lowest BCUT2D eigenvalue weighted by atomic mass is 9.93. The average Bonchev–Trinajstić information content (AvgIpc) is 3.95. The van der Waals surface area contributed by atoms with E-state index in [1.807, 2.05) is 89.1 Å². The number of aromatic nitrogens is 1. The number of amides is 2. The maximum absolute atomic E-state index is 16.8. The smallest absolute Gasteiger partial charge is 0.270 e. The van der Waals surface area contributed by atoms with E-state index in [9.17, 15) is 9.59 Å². The third-order valence-electron chi connectivity index (χ3n) is 10.3. The molecule has 56 heavy (non-hydrogen) atoms. The number of carbonyl (C=O) groups excluding carboxylic acids is 2. The van der Waals surface area contributed by atoms with Crippen LogP contribution in [0.3, 0.4) is 0 Å². The van der Waals surface area contributed by atoms with E-state index in [2.05, 4.69) is 18.4 Å². The molecule has 0 atom stereocenters. The van der Waals surface area contributed by atoms with Crippen molar-refractivity contribution in [3.05, 3.63) is 108 Å². The van der Waals surface area contributed by atoms with Crippen molar-refractivity contribution in [2.45, 2.75) is 12.8 Å². The summed E-state index contributed by atoms with van der Waals surface area (Å²) in [6, 6.07) is 26.4. The highest BCUT2D eigenvalue weighted by Crippen LogP contribution is 2.42. The van der Waals surface area contributed by atoms with Gasteiger partial charge in [-0.2, -0.15) is 0 Å². The Hall–Kier alpha value is -5.77. The van der Waals surface area contributed by atoms with Crippen LogP contribution in [0.4, 0.5) is 10.1 Å². The Kier molecular flexibility index (Phi) is 11.0. The van der Waals surface area contributed by atoms with Gasteiger partial charge >= 0.3 is 0 Å². The fourth-order valence-corrected chi connectivity index (χ4v) is 8.59. The highest BCUT2D eigenvalue weighted by Gasteiger charge is 2.30. The number of H-pyrrole nitrogens is 1. The lowest BCUT2D eigenvalue weighted by Gasteiger charge is -2.37. The van der Waals surface area contributed by atoms with Gasteiger partial charge in [-0.05, 0) is 60.0 Å². The minimum atomic E-state index is -0.471. The van der Waals surface area contributed by atoms with Crippen LogP contribution in [0, 0.1) is 5.82 Å². The van der Waals surface area contributed by atoms with E-state index in [1.165, 1.54) is 0 Å². The average molecular weight is 870 g/mol. The number of carbonyl (C=O) groups is 2. The number of aromatic amines is 1. The summed E-state index contributed by atoms with van der Waals surface area (Å²) in [5.41, 5.74) is 3.91. The minimum absolute atomic E-state index is 0.0192.